The van der Waals surface area contributed by atoms with Crippen LogP contribution in [0.4, 0.5) is 5.69 Å². The lowest BCUT2D eigenvalue weighted by molar-refractivity contribution is -0.124. The zero-order valence-corrected chi connectivity index (χ0v) is 17.0. The fraction of sp³-hybridized carbons (Fsp3) is 0.556. The Bertz CT molecular complexity index is 723. The molecule has 2 rings (SSSR count). The maximum Gasteiger partial charge on any atom is 0.243 e. The van der Waals surface area contributed by atoms with Crippen molar-refractivity contribution in [3.05, 3.63) is 24.3 Å². The molecule has 0 unspecified atom stereocenters. The number of hydrogen-bond acceptors (Lipinski definition) is 4. The maximum absolute atomic E-state index is 12.5. The van der Waals surface area contributed by atoms with Gasteiger partial charge in [0, 0.05) is 24.7 Å². The molecule has 1 aromatic carbocycles. The fourth-order valence-corrected chi connectivity index (χ4v) is 4.84. The van der Waals surface area contributed by atoms with E-state index >= 15 is 0 Å². The second kappa shape index (κ2) is 9.43. The Morgan fingerprint density at radius 1 is 1.12 bits per heavy atom. The van der Waals surface area contributed by atoms with Crippen LogP contribution in [0.1, 0.15) is 46.0 Å². The Morgan fingerprint density at radius 2 is 1.69 bits per heavy atom. The highest BCUT2D eigenvalue weighted by molar-refractivity contribution is 7.89. The highest BCUT2D eigenvalue weighted by atomic mass is 32.2. The first-order valence-corrected chi connectivity index (χ1v) is 10.9. The molecule has 1 aromatic rings. The number of hydrogen-bond donors (Lipinski definition) is 2. The molecule has 1 amide bonds. The lowest BCUT2D eigenvalue weighted by atomic mass is 9.89. The number of nitrogens with zero attached hydrogens (tertiary/aromatic N) is 1. The zero-order chi connectivity index (χ0) is 19.2. The Morgan fingerprint density at radius 3 is 2.23 bits per heavy atom. The standard InChI is InChI=1S/C18H27N3O3S2/c1-3-21(4-2)26(23,24)16-12-10-15(11-13-16)19-18(25)20-17(22)14-8-6-5-7-9-14/h10-14H,3-9H2,1-2H3,(H2,19,20,22,25). The number of anilines is 1. The number of benzene rings is 1. The van der Waals surface area contributed by atoms with Crippen molar-refractivity contribution < 1.29 is 13.2 Å². The average molecular weight is 398 g/mol. The number of sulfonamides is 1. The van der Waals surface area contributed by atoms with Gasteiger partial charge in [0.2, 0.25) is 15.9 Å². The van der Waals surface area contributed by atoms with Gasteiger partial charge in [-0.15, -0.1) is 0 Å². The summed E-state index contributed by atoms with van der Waals surface area (Å²) in [5, 5.41) is 5.91. The molecule has 0 spiro atoms. The monoisotopic (exact) mass is 397 g/mol. The van der Waals surface area contributed by atoms with Gasteiger partial charge in [-0.25, -0.2) is 8.42 Å². The third-order valence-electron chi connectivity index (χ3n) is 4.67. The predicted molar refractivity (Wildman–Crippen MR) is 107 cm³/mol. The van der Waals surface area contributed by atoms with E-state index in [0.29, 0.717) is 18.8 Å². The number of thiocarbonyl (C=S) groups is 1. The summed E-state index contributed by atoms with van der Waals surface area (Å²) in [5.74, 6) is -0.00646. The molecule has 0 aliphatic heterocycles. The van der Waals surface area contributed by atoms with E-state index in [1.54, 1.807) is 24.3 Å². The predicted octanol–water partition coefficient (Wildman–Crippen LogP) is 3.11. The van der Waals surface area contributed by atoms with Gasteiger partial charge >= 0.3 is 0 Å². The molecule has 1 aliphatic carbocycles. The minimum atomic E-state index is -3.48. The first-order valence-electron chi connectivity index (χ1n) is 9.10. The number of carbonyl (C=O) groups excluding carboxylic acids is 1. The molecular weight excluding hydrogens is 370 g/mol. The Labute approximate surface area is 161 Å². The molecule has 1 fully saturated rings. The van der Waals surface area contributed by atoms with Crippen molar-refractivity contribution in [3.8, 4) is 0 Å². The van der Waals surface area contributed by atoms with Gasteiger partial charge in [-0.2, -0.15) is 4.31 Å². The lowest BCUT2D eigenvalue weighted by Crippen LogP contribution is -2.39. The molecular formula is C18H27N3O3S2. The molecule has 1 aliphatic rings. The summed E-state index contributed by atoms with van der Waals surface area (Å²) in [4.78, 5) is 12.4. The molecule has 8 heteroatoms. The summed E-state index contributed by atoms with van der Waals surface area (Å²) in [6.45, 7) is 4.47. The first-order chi connectivity index (χ1) is 12.4. The molecule has 144 valence electrons. The molecule has 0 aromatic heterocycles. The van der Waals surface area contributed by atoms with Crippen molar-refractivity contribution in [1.82, 2.24) is 9.62 Å². The quantitative estimate of drug-likeness (QED) is 0.721. The van der Waals surface area contributed by atoms with E-state index < -0.39 is 10.0 Å². The molecule has 0 radical (unpaired) electrons. The number of nitrogens with one attached hydrogen (secondary N) is 2. The molecule has 0 atom stereocenters. The molecule has 6 nitrogen and oxygen atoms in total. The minimum Gasteiger partial charge on any atom is -0.332 e. The zero-order valence-electron chi connectivity index (χ0n) is 15.3. The topological polar surface area (TPSA) is 78.5 Å². The Hall–Kier alpha value is -1.51. The van der Waals surface area contributed by atoms with E-state index in [0.717, 1.165) is 25.7 Å². The summed E-state index contributed by atoms with van der Waals surface area (Å²) in [5.41, 5.74) is 0.637. The molecule has 0 saturated heterocycles. The van der Waals surface area contributed by atoms with Crippen LogP contribution in [0, 0.1) is 5.92 Å². The van der Waals surface area contributed by atoms with E-state index in [-0.39, 0.29) is 21.8 Å². The average Bonchev–Trinajstić information content (AvgIpc) is 2.63. The second-order valence-electron chi connectivity index (χ2n) is 6.39. The Balaban J connectivity index is 1.96. The van der Waals surface area contributed by atoms with Gasteiger partial charge in [-0.3, -0.25) is 4.79 Å². The van der Waals surface area contributed by atoms with Gasteiger partial charge in [0.05, 0.1) is 4.90 Å². The van der Waals surface area contributed by atoms with Crippen LogP contribution < -0.4 is 10.6 Å². The summed E-state index contributed by atoms with van der Waals surface area (Å²) < 4.78 is 26.3. The van der Waals surface area contributed by atoms with Crippen molar-refractivity contribution in [2.75, 3.05) is 18.4 Å². The molecule has 0 bridgehead atoms. The van der Waals surface area contributed by atoms with Gasteiger partial charge in [-0.05, 0) is 49.3 Å². The fourth-order valence-electron chi connectivity index (χ4n) is 3.16. The SMILES string of the molecule is CCN(CC)S(=O)(=O)c1ccc(NC(=S)NC(=O)C2CCCCC2)cc1. The van der Waals surface area contributed by atoms with Crippen LogP contribution in [0.2, 0.25) is 0 Å². The van der Waals surface area contributed by atoms with E-state index in [1.165, 1.54) is 10.7 Å². The third-order valence-corrected chi connectivity index (χ3v) is 6.94. The van der Waals surface area contributed by atoms with Gasteiger partial charge < -0.3 is 10.6 Å². The van der Waals surface area contributed by atoms with Crippen LogP contribution in [0.5, 0.6) is 0 Å². The van der Waals surface area contributed by atoms with Crippen LogP contribution in [-0.4, -0.2) is 36.8 Å². The maximum atomic E-state index is 12.5. The first kappa shape index (κ1) is 20.8. The molecule has 26 heavy (non-hydrogen) atoms. The van der Waals surface area contributed by atoms with Crippen LogP contribution in [0.25, 0.3) is 0 Å². The van der Waals surface area contributed by atoms with Crippen LogP contribution in [0.3, 0.4) is 0 Å². The van der Waals surface area contributed by atoms with E-state index in [9.17, 15) is 13.2 Å². The van der Waals surface area contributed by atoms with Crippen molar-refractivity contribution in [2.24, 2.45) is 5.92 Å². The van der Waals surface area contributed by atoms with Crippen LogP contribution in [-0.2, 0) is 14.8 Å². The number of rotatable bonds is 6. The van der Waals surface area contributed by atoms with Gasteiger partial charge in [0.15, 0.2) is 5.11 Å². The Kier molecular flexibility index (Phi) is 7.55. The van der Waals surface area contributed by atoms with Crippen molar-refractivity contribution in [2.45, 2.75) is 50.8 Å². The highest BCUT2D eigenvalue weighted by Crippen LogP contribution is 2.23. The third kappa shape index (κ3) is 5.25. The van der Waals surface area contributed by atoms with E-state index in [2.05, 4.69) is 10.6 Å². The normalized spacial score (nSPS) is 15.7. The minimum absolute atomic E-state index is 0.0325. The second-order valence-corrected chi connectivity index (χ2v) is 8.74. The van der Waals surface area contributed by atoms with Crippen LogP contribution >= 0.6 is 12.2 Å². The highest BCUT2D eigenvalue weighted by Gasteiger charge is 2.22. The summed E-state index contributed by atoms with van der Waals surface area (Å²) in [6.07, 6.45) is 5.18. The molecule has 0 heterocycles. The van der Waals surface area contributed by atoms with Gasteiger partial charge in [0.25, 0.3) is 0 Å². The molecule has 1 saturated carbocycles. The summed E-state index contributed by atoms with van der Waals surface area (Å²) in [7, 11) is -3.48. The number of amides is 1. The van der Waals surface area contributed by atoms with Crippen molar-refractivity contribution >= 4 is 38.9 Å². The number of carbonyl (C=O) groups is 1. The van der Waals surface area contributed by atoms with Crippen LogP contribution in [0.15, 0.2) is 29.2 Å². The van der Waals surface area contributed by atoms with E-state index in [1.807, 2.05) is 13.8 Å². The summed E-state index contributed by atoms with van der Waals surface area (Å²) in [6, 6.07) is 6.38. The van der Waals surface area contributed by atoms with Gasteiger partial charge in [-0.1, -0.05) is 33.1 Å². The van der Waals surface area contributed by atoms with E-state index in [4.69, 9.17) is 12.2 Å². The summed E-state index contributed by atoms with van der Waals surface area (Å²) >= 11 is 5.20. The van der Waals surface area contributed by atoms with Crippen molar-refractivity contribution in [3.63, 3.8) is 0 Å². The largest absolute Gasteiger partial charge is 0.332 e. The van der Waals surface area contributed by atoms with Crippen molar-refractivity contribution in [1.29, 1.82) is 0 Å². The van der Waals surface area contributed by atoms with Gasteiger partial charge in [0.1, 0.15) is 0 Å². The smallest absolute Gasteiger partial charge is 0.243 e. The molecule has 2 N–H and O–H groups in total. The lowest BCUT2D eigenvalue weighted by Gasteiger charge is -2.21.